The van der Waals surface area contributed by atoms with Gasteiger partial charge in [-0.3, -0.25) is 9.78 Å². The molecule has 8 heteroatoms. The highest BCUT2D eigenvalue weighted by Gasteiger charge is 2.41. The molecule has 1 saturated heterocycles. The van der Waals surface area contributed by atoms with Gasteiger partial charge in [-0.05, 0) is 55.5 Å². The number of benzene rings is 1. The molecule has 2 aromatic heterocycles. The summed E-state index contributed by atoms with van der Waals surface area (Å²) < 4.78 is 5.63. The monoisotopic (exact) mass is 463 g/mol. The molecule has 4 rings (SSSR count). The lowest BCUT2D eigenvalue weighted by Crippen LogP contribution is -2.30. The Balaban J connectivity index is 1.74. The lowest BCUT2D eigenvalue weighted by Gasteiger charge is -2.28. The third-order valence-electron chi connectivity index (χ3n) is 5.66. The van der Waals surface area contributed by atoms with E-state index in [9.17, 15) is 4.79 Å². The van der Waals surface area contributed by atoms with Gasteiger partial charge >= 0.3 is 0 Å². The van der Waals surface area contributed by atoms with E-state index in [2.05, 4.69) is 37.6 Å². The van der Waals surface area contributed by atoms with Crippen molar-refractivity contribution in [3.8, 4) is 5.75 Å². The normalized spacial score (nSPS) is 18.2. The second-order valence-electron chi connectivity index (χ2n) is 9.18. The Morgan fingerprint density at radius 2 is 1.97 bits per heavy atom. The van der Waals surface area contributed by atoms with Crippen molar-refractivity contribution in [3.63, 3.8) is 0 Å². The molecule has 0 spiro atoms. The summed E-state index contributed by atoms with van der Waals surface area (Å²) in [5.41, 5.74) is 3.96. The van der Waals surface area contributed by atoms with Gasteiger partial charge in [0.15, 0.2) is 5.11 Å². The van der Waals surface area contributed by atoms with Crippen molar-refractivity contribution in [2.75, 3.05) is 17.3 Å². The maximum atomic E-state index is 12.5. The number of amides is 1. The van der Waals surface area contributed by atoms with E-state index in [0.717, 1.165) is 22.8 Å². The van der Waals surface area contributed by atoms with E-state index < -0.39 is 5.41 Å². The molecule has 2 atom stereocenters. The maximum Gasteiger partial charge on any atom is 0.229 e. The van der Waals surface area contributed by atoms with Crippen LogP contribution in [0.15, 0.2) is 54.7 Å². The molecule has 0 aliphatic carbocycles. The highest BCUT2D eigenvalue weighted by atomic mass is 32.1. The van der Waals surface area contributed by atoms with Crippen LogP contribution >= 0.6 is 12.2 Å². The molecule has 0 bridgehead atoms. The summed E-state index contributed by atoms with van der Waals surface area (Å²) in [7, 11) is 1.59. The summed E-state index contributed by atoms with van der Waals surface area (Å²) in [5, 5.41) is 7.00. The Bertz CT molecular complexity index is 1170. The van der Waals surface area contributed by atoms with Gasteiger partial charge in [-0.15, -0.1) is 0 Å². The number of pyridine rings is 1. The summed E-state index contributed by atoms with van der Waals surface area (Å²) in [6.45, 7) is 7.65. The van der Waals surface area contributed by atoms with Gasteiger partial charge in [-0.25, -0.2) is 0 Å². The number of aromatic nitrogens is 2. The first-order valence-electron chi connectivity index (χ1n) is 10.8. The number of carbonyl (C=O) groups excluding carboxylic acids is 1. The van der Waals surface area contributed by atoms with Gasteiger partial charge in [0.2, 0.25) is 5.91 Å². The van der Waals surface area contributed by atoms with Gasteiger partial charge in [0.05, 0.1) is 24.5 Å². The molecule has 1 aliphatic rings. The Kier molecular flexibility index (Phi) is 6.12. The van der Waals surface area contributed by atoms with E-state index in [4.69, 9.17) is 17.0 Å². The van der Waals surface area contributed by atoms with Crippen LogP contribution in [0.1, 0.15) is 49.9 Å². The fourth-order valence-electron chi connectivity index (χ4n) is 3.89. The lowest BCUT2D eigenvalue weighted by molar-refractivity contribution is -0.123. The second-order valence-corrected chi connectivity index (χ2v) is 9.57. The van der Waals surface area contributed by atoms with Crippen LogP contribution in [-0.2, 0) is 4.79 Å². The molecular weight excluding hydrogens is 434 g/mol. The zero-order chi connectivity index (χ0) is 23.8. The van der Waals surface area contributed by atoms with Gasteiger partial charge in [0.1, 0.15) is 11.8 Å². The molecule has 1 amide bonds. The first-order chi connectivity index (χ1) is 15.7. The van der Waals surface area contributed by atoms with Crippen LogP contribution in [0.25, 0.3) is 0 Å². The number of nitrogens with zero attached hydrogens (tertiary/aromatic N) is 2. The molecule has 0 saturated carbocycles. The van der Waals surface area contributed by atoms with Crippen molar-refractivity contribution in [1.29, 1.82) is 0 Å². The highest BCUT2D eigenvalue weighted by molar-refractivity contribution is 7.80. The Hall–Kier alpha value is -3.39. The van der Waals surface area contributed by atoms with Crippen LogP contribution < -0.4 is 20.3 Å². The predicted octanol–water partition coefficient (Wildman–Crippen LogP) is 4.89. The lowest BCUT2D eigenvalue weighted by atomic mass is 9.95. The number of nitrogens with one attached hydrogen (secondary N) is 3. The zero-order valence-electron chi connectivity index (χ0n) is 19.5. The van der Waals surface area contributed by atoms with Crippen molar-refractivity contribution < 1.29 is 9.53 Å². The molecule has 7 nitrogen and oxygen atoms in total. The third kappa shape index (κ3) is 4.57. The summed E-state index contributed by atoms with van der Waals surface area (Å²) in [4.78, 5) is 22.6. The molecule has 2 unspecified atom stereocenters. The van der Waals surface area contributed by atoms with Crippen LogP contribution in [0.5, 0.6) is 5.75 Å². The van der Waals surface area contributed by atoms with Crippen molar-refractivity contribution in [2.45, 2.75) is 39.8 Å². The second kappa shape index (κ2) is 8.86. The summed E-state index contributed by atoms with van der Waals surface area (Å²) in [6.07, 6.45) is 1.79. The molecule has 172 valence electrons. The zero-order valence-corrected chi connectivity index (χ0v) is 20.3. The average molecular weight is 464 g/mol. The van der Waals surface area contributed by atoms with Crippen LogP contribution in [0.4, 0.5) is 11.4 Å². The van der Waals surface area contributed by atoms with Crippen LogP contribution in [0.2, 0.25) is 0 Å². The largest absolute Gasteiger partial charge is 0.494 e. The standard InChI is InChI=1S/C25H29N5O2S/c1-15-9-11-19(27-15)22-21(18-8-6-7-13-26-18)29-24(33)30(22)16-10-12-17(20(14-16)32-5)28-23(31)25(2,3)4/h6-14,21-22,27H,1-5H3,(H,28,31)(H,29,33). The number of H-pyrrole nitrogens is 1. The third-order valence-corrected chi connectivity index (χ3v) is 5.98. The van der Waals surface area contributed by atoms with E-state index in [1.807, 2.05) is 64.1 Å². The maximum absolute atomic E-state index is 12.5. The topological polar surface area (TPSA) is 82.3 Å². The smallest absolute Gasteiger partial charge is 0.229 e. The van der Waals surface area contributed by atoms with Gasteiger partial charge in [-0.1, -0.05) is 26.8 Å². The molecule has 0 radical (unpaired) electrons. The van der Waals surface area contributed by atoms with E-state index in [1.54, 1.807) is 13.3 Å². The quantitative estimate of drug-likeness (QED) is 0.468. The minimum Gasteiger partial charge on any atom is -0.494 e. The molecule has 33 heavy (non-hydrogen) atoms. The van der Waals surface area contributed by atoms with Gasteiger partial charge < -0.3 is 25.3 Å². The molecule has 1 fully saturated rings. The summed E-state index contributed by atoms with van der Waals surface area (Å²) in [6, 6.07) is 15.4. The minimum atomic E-state index is -0.517. The van der Waals surface area contributed by atoms with Crippen LogP contribution in [0, 0.1) is 12.3 Å². The number of methoxy groups -OCH3 is 1. The predicted molar refractivity (Wildman–Crippen MR) is 135 cm³/mol. The van der Waals surface area contributed by atoms with Crippen molar-refractivity contribution in [3.05, 3.63) is 71.8 Å². The van der Waals surface area contributed by atoms with Gasteiger partial charge in [0, 0.05) is 34.8 Å². The van der Waals surface area contributed by atoms with E-state index in [1.165, 1.54) is 0 Å². The van der Waals surface area contributed by atoms with Crippen molar-refractivity contribution in [2.24, 2.45) is 5.41 Å². The Labute approximate surface area is 199 Å². The van der Waals surface area contributed by atoms with E-state index in [-0.39, 0.29) is 18.0 Å². The van der Waals surface area contributed by atoms with Crippen LogP contribution in [-0.4, -0.2) is 28.1 Å². The minimum absolute atomic E-state index is 0.0816. The Morgan fingerprint density at radius 3 is 2.58 bits per heavy atom. The number of rotatable bonds is 5. The number of anilines is 2. The van der Waals surface area contributed by atoms with Crippen molar-refractivity contribution >= 4 is 34.6 Å². The SMILES string of the molecule is COc1cc(N2C(=S)NC(c3ccccn3)C2c2ccc(C)[nH]2)ccc1NC(=O)C(C)(C)C. The average Bonchev–Trinajstić information content (AvgIpc) is 3.36. The number of thiocarbonyl (C=S) groups is 1. The molecule has 3 heterocycles. The number of aromatic amines is 1. The molecular formula is C25H29N5O2S. The van der Waals surface area contributed by atoms with Gasteiger partial charge in [0.25, 0.3) is 0 Å². The first-order valence-corrected chi connectivity index (χ1v) is 11.3. The van der Waals surface area contributed by atoms with E-state index >= 15 is 0 Å². The van der Waals surface area contributed by atoms with Gasteiger partial charge in [-0.2, -0.15) is 0 Å². The summed E-state index contributed by atoms with van der Waals surface area (Å²) in [5.74, 6) is 0.484. The first kappa shape index (κ1) is 22.8. The fraction of sp³-hybridized carbons (Fsp3) is 0.320. The highest BCUT2D eigenvalue weighted by Crippen LogP contribution is 2.43. The number of ether oxygens (including phenoxy) is 1. The number of carbonyl (C=O) groups is 1. The van der Waals surface area contributed by atoms with E-state index in [0.29, 0.717) is 16.5 Å². The van der Waals surface area contributed by atoms with Crippen molar-refractivity contribution in [1.82, 2.24) is 15.3 Å². The Morgan fingerprint density at radius 1 is 1.18 bits per heavy atom. The molecule has 1 aromatic carbocycles. The number of hydrogen-bond donors (Lipinski definition) is 3. The molecule has 1 aliphatic heterocycles. The number of aryl methyl sites for hydroxylation is 1. The number of hydrogen-bond acceptors (Lipinski definition) is 4. The summed E-state index contributed by atoms with van der Waals surface area (Å²) >= 11 is 5.78. The molecule has 3 N–H and O–H groups in total. The molecule has 3 aromatic rings. The fourth-order valence-corrected chi connectivity index (χ4v) is 4.24. The van der Waals surface area contributed by atoms with Crippen LogP contribution in [0.3, 0.4) is 0 Å².